The molecule has 0 bridgehead atoms. The zero-order valence-corrected chi connectivity index (χ0v) is 15.2. The molecule has 3 aromatic rings. The van der Waals surface area contributed by atoms with Gasteiger partial charge in [0.15, 0.2) is 5.16 Å². The molecule has 0 spiro atoms. The second-order valence-electron chi connectivity index (χ2n) is 5.46. The average Bonchev–Trinajstić information content (AvgIpc) is 3.08. The minimum atomic E-state index is -0.0562. The third kappa shape index (κ3) is 4.61. The number of amides is 1. The van der Waals surface area contributed by atoms with Crippen LogP contribution in [0.4, 0.5) is 0 Å². The molecule has 0 radical (unpaired) electrons. The Kier molecular flexibility index (Phi) is 5.73. The number of hydrogen-bond acceptors (Lipinski definition) is 4. The third-order valence-corrected chi connectivity index (χ3v) is 4.82. The number of thioether (sulfide) groups is 1. The molecule has 7 heteroatoms. The zero-order chi connectivity index (χ0) is 17.6. The second kappa shape index (κ2) is 8.18. The monoisotopic (exact) mass is 372 g/mol. The summed E-state index contributed by atoms with van der Waals surface area (Å²) in [6.45, 7) is 2.50. The van der Waals surface area contributed by atoms with E-state index in [4.69, 9.17) is 11.6 Å². The lowest BCUT2D eigenvalue weighted by Crippen LogP contribution is -2.24. The molecule has 25 heavy (non-hydrogen) atoms. The van der Waals surface area contributed by atoms with Gasteiger partial charge in [-0.15, -0.1) is 10.2 Å². The van der Waals surface area contributed by atoms with Gasteiger partial charge in [0.25, 0.3) is 0 Å². The van der Waals surface area contributed by atoms with Crippen LogP contribution < -0.4 is 5.32 Å². The Hall–Kier alpha value is -2.31. The molecule has 0 saturated heterocycles. The molecule has 1 aromatic heterocycles. The van der Waals surface area contributed by atoms with Crippen molar-refractivity contribution in [3.63, 3.8) is 0 Å². The first-order valence-electron chi connectivity index (χ1n) is 7.73. The van der Waals surface area contributed by atoms with E-state index in [1.165, 1.54) is 11.8 Å². The summed E-state index contributed by atoms with van der Waals surface area (Å²) in [4.78, 5) is 12.1. The van der Waals surface area contributed by atoms with Crippen LogP contribution in [-0.4, -0.2) is 26.4 Å². The van der Waals surface area contributed by atoms with Crippen molar-refractivity contribution in [1.29, 1.82) is 0 Å². The van der Waals surface area contributed by atoms with E-state index in [0.717, 1.165) is 16.8 Å². The van der Waals surface area contributed by atoms with Gasteiger partial charge in [0.2, 0.25) is 5.91 Å². The third-order valence-electron chi connectivity index (χ3n) is 3.63. The number of carbonyl (C=O) groups excluding carboxylic acids is 1. The van der Waals surface area contributed by atoms with E-state index in [1.807, 2.05) is 60.0 Å². The van der Waals surface area contributed by atoms with Crippen molar-refractivity contribution in [3.05, 3.63) is 71.0 Å². The highest BCUT2D eigenvalue weighted by Gasteiger charge is 2.11. The Morgan fingerprint density at radius 2 is 1.96 bits per heavy atom. The number of hydrogen-bond donors (Lipinski definition) is 1. The summed E-state index contributed by atoms with van der Waals surface area (Å²) in [7, 11) is 0. The van der Waals surface area contributed by atoms with E-state index in [9.17, 15) is 4.79 Å². The standard InChI is InChI=1S/C18H17ClN4OS/c1-13-4-2-3-5-16(13)23-12-21-22-18(23)25-11-17(24)20-10-14-6-8-15(19)9-7-14/h2-9,12H,10-11H2,1H3,(H,20,24). The van der Waals surface area contributed by atoms with Gasteiger partial charge in [-0.05, 0) is 36.2 Å². The van der Waals surface area contributed by atoms with Crippen LogP contribution in [0.2, 0.25) is 5.02 Å². The molecule has 0 aliphatic rings. The van der Waals surface area contributed by atoms with Crippen molar-refractivity contribution in [3.8, 4) is 5.69 Å². The molecule has 0 fully saturated rings. The van der Waals surface area contributed by atoms with Gasteiger partial charge < -0.3 is 5.32 Å². The van der Waals surface area contributed by atoms with Gasteiger partial charge in [-0.1, -0.05) is 53.7 Å². The summed E-state index contributed by atoms with van der Waals surface area (Å²) < 4.78 is 1.90. The largest absolute Gasteiger partial charge is 0.351 e. The van der Waals surface area contributed by atoms with Crippen molar-refractivity contribution in [1.82, 2.24) is 20.1 Å². The highest BCUT2D eigenvalue weighted by Crippen LogP contribution is 2.21. The van der Waals surface area contributed by atoms with E-state index in [1.54, 1.807) is 6.33 Å². The van der Waals surface area contributed by atoms with Crippen LogP contribution >= 0.6 is 23.4 Å². The molecule has 3 rings (SSSR count). The molecule has 1 N–H and O–H groups in total. The summed E-state index contributed by atoms with van der Waals surface area (Å²) in [6, 6.07) is 15.4. The highest BCUT2D eigenvalue weighted by molar-refractivity contribution is 7.99. The number of nitrogens with zero attached hydrogens (tertiary/aromatic N) is 3. The van der Waals surface area contributed by atoms with E-state index in [2.05, 4.69) is 15.5 Å². The predicted molar refractivity (Wildman–Crippen MR) is 100 cm³/mol. The van der Waals surface area contributed by atoms with Crippen LogP contribution in [-0.2, 0) is 11.3 Å². The zero-order valence-electron chi connectivity index (χ0n) is 13.6. The molecular formula is C18H17ClN4OS. The van der Waals surface area contributed by atoms with Gasteiger partial charge >= 0.3 is 0 Å². The Balaban J connectivity index is 1.57. The summed E-state index contributed by atoms with van der Waals surface area (Å²) in [5, 5.41) is 12.3. The van der Waals surface area contributed by atoms with Gasteiger partial charge in [0.05, 0.1) is 11.4 Å². The smallest absolute Gasteiger partial charge is 0.230 e. The summed E-state index contributed by atoms with van der Waals surface area (Å²) in [5.74, 6) is 0.220. The van der Waals surface area contributed by atoms with Gasteiger partial charge in [-0.2, -0.15) is 0 Å². The quantitative estimate of drug-likeness (QED) is 0.671. The molecule has 0 atom stereocenters. The number of carbonyl (C=O) groups is 1. The minimum Gasteiger partial charge on any atom is -0.351 e. The lowest BCUT2D eigenvalue weighted by molar-refractivity contribution is -0.118. The summed E-state index contributed by atoms with van der Waals surface area (Å²) in [5.41, 5.74) is 3.14. The first kappa shape index (κ1) is 17.5. The summed E-state index contributed by atoms with van der Waals surface area (Å²) in [6.07, 6.45) is 1.66. The number of aromatic nitrogens is 3. The van der Waals surface area contributed by atoms with Crippen molar-refractivity contribution in [2.24, 2.45) is 0 Å². The number of rotatable bonds is 6. The molecule has 5 nitrogen and oxygen atoms in total. The van der Waals surface area contributed by atoms with Crippen LogP contribution in [0, 0.1) is 6.92 Å². The Morgan fingerprint density at radius 1 is 1.20 bits per heavy atom. The fourth-order valence-corrected chi connectivity index (χ4v) is 3.18. The van der Waals surface area contributed by atoms with E-state index < -0.39 is 0 Å². The number of para-hydroxylation sites is 1. The lowest BCUT2D eigenvalue weighted by Gasteiger charge is -2.09. The Bertz CT molecular complexity index is 864. The molecule has 0 unspecified atom stereocenters. The highest BCUT2D eigenvalue weighted by atomic mass is 35.5. The first-order valence-corrected chi connectivity index (χ1v) is 9.10. The van der Waals surface area contributed by atoms with E-state index in [0.29, 0.717) is 16.7 Å². The van der Waals surface area contributed by atoms with Crippen LogP contribution in [0.3, 0.4) is 0 Å². The molecule has 0 aliphatic heterocycles. The molecule has 0 saturated carbocycles. The van der Waals surface area contributed by atoms with Crippen LogP contribution in [0.1, 0.15) is 11.1 Å². The number of aryl methyl sites for hydroxylation is 1. The van der Waals surface area contributed by atoms with Gasteiger partial charge in [0, 0.05) is 11.6 Å². The molecule has 2 aromatic carbocycles. The van der Waals surface area contributed by atoms with Crippen molar-refractivity contribution < 1.29 is 4.79 Å². The molecule has 128 valence electrons. The van der Waals surface area contributed by atoms with Crippen LogP contribution in [0.25, 0.3) is 5.69 Å². The van der Waals surface area contributed by atoms with Crippen molar-refractivity contribution in [2.75, 3.05) is 5.75 Å². The van der Waals surface area contributed by atoms with Crippen molar-refractivity contribution >= 4 is 29.3 Å². The maximum atomic E-state index is 12.1. The fourth-order valence-electron chi connectivity index (χ4n) is 2.31. The van der Waals surface area contributed by atoms with Crippen LogP contribution in [0.15, 0.2) is 60.0 Å². The first-order chi connectivity index (χ1) is 12.1. The predicted octanol–water partition coefficient (Wildman–Crippen LogP) is 3.64. The maximum absolute atomic E-state index is 12.1. The second-order valence-corrected chi connectivity index (χ2v) is 6.84. The van der Waals surface area contributed by atoms with Gasteiger partial charge in [0.1, 0.15) is 6.33 Å². The Labute approximate surface area is 155 Å². The normalized spacial score (nSPS) is 10.6. The number of benzene rings is 2. The van der Waals surface area contributed by atoms with Gasteiger partial charge in [-0.3, -0.25) is 9.36 Å². The topological polar surface area (TPSA) is 59.8 Å². The number of nitrogens with one attached hydrogen (secondary N) is 1. The SMILES string of the molecule is Cc1ccccc1-n1cnnc1SCC(=O)NCc1ccc(Cl)cc1. The minimum absolute atomic E-state index is 0.0562. The van der Waals surface area contributed by atoms with E-state index in [-0.39, 0.29) is 11.7 Å². The van der Waals surface area contributed by atoms with E-state index >= 15 is 0 Å². The maximum Gasteiger partial charge on any atom is 0.230 e. The summed E-state index contributed by atoms with van der Waals surface area (Å²) >= 11 is 7.21. The van der Waals surface area contributed by atoms with Gasteiger partial charge in [-0.25, -0.2) is 0 Å². The fraction of sp³-hybridized carbons (Fsp3) is 0.167. The molecule has 1 amide bonds. The molecule has 0 aliphatic carbocycles. The van der Waals surface area contributed by atoms with Crippen LogP contribution in [0.5, 0.6) is 0 Å². The average molecular weight is 373 g/mol. The lowest BCUT2D eigenvalue weighted by atomic mass is 10.2. The Morgan fingerprint density at radius 3 is 2.72 bits per heavy atom. The molecular weight excluding hydrogens is 356 g/mol. The molecule has 1 heterocycles. The van der Waals surface area contributed by atoms with Crippen molar-refractivity contribution in [2.45, 2.75) is 18.6 Å². The number of halogens is 1.